The van der Waals surface area contributed by atoms with Gasteiger partial charge in [-0.05, 0) is 36.8 Å². The molecule has 2 aromatic carbocycles. The third kappa shape index (κ3) is 4.53. The van der Waals surface area contributed by atoms with Gasteiger partial charge in [-0.25, -0.2) is 0 Å². The van der Waals surface area contributed by atoms with Gasteiger partial charge in [-0.3, -0.25) is 0 Å². The van der Waals surface area contributed by atoms with Crippen molar-refractivity contribution in [2.45, 2.75) is 26.1 Å². The molecule has 1 atom stereocenters. The molecule has 0 radical (unpaired) electrons. The van der Waals surface area contributed by atoms with E-state index >= 15 is 0 Å². The summed E-state index contributed by atoms with van der Waals surface area (Å²) in [5, 5.41) is 0. The zero-order chi connectivity index (χ0) is 14.4. The zero-order valence-electron chi connectivity index (χ0n) is 11.1. The number of hydrogen-bond acceptors (Lipinski definition) is 2. The lowest BCUT2D eigenvalue weighted by Gasteiger charge is -2.15. The predicted octanol–water partition coefficient (Wildman–Crippen LogP) is 4.30. The minimum Gasteiger partial charge on any atom is -0.490 e. The maximum Gasteiger partial charge on any atom is 0.387 e. The van der Waals surface area contributed by atoms with E-state index in [1.54, 1.807) is 12.1 Å². The highest BCUT2D eigenvalue weighted by Gasteiger charge is 2.08. The summed E-state index contributed by atoms with van der Waals surface area (Å²) in [5.74, 6) is 0.962. The van der Waals surface area contributed by atoms with Crippen molar-refractivity contribution in [1.29, 1.82) is 0 Å². The number of benzene rings is 2. The Kier molecular flexibility index (Phi) is 4.93. The smallest absolute Gasteiger partial charge is 0.387 e. The Morgan fingerprint density at radius 2 is 1.60 bits per heavy atom. The molecule has 1 unspecified atom stereocenters. The monoisotopic (exact) mass is 278 g/mol. The fourth-order valence-electron chi connectivity index (χ4n) is 1.95. The highest BCUT2D eigenvalue weighted by molar-refractivity contribution is 5.29. The highest BCUT2D eigenvalue weighted by Crippen LogP contribution is 2.18. The van der Waals surface area contributed by atoms with E-state index in [-0.39, 0.29) is 11.9 Å². The SMILES string of the molecule is CC(Cc1cccc(OC(F)F)c1)Oc1ccccc1. The van der Waals surface area contributed by atoms with Gasteiger partial charge in [0.2, 0.25) is 0 Å². The van der Waals surface area contributed by atoms with Gasteiger partial charge in [-0.15, -0.1) is 0 Å². The van der Waals surface area contributed by atoms with Gasteiger partial charge in [0.1, 0.15) is 11.5 Å². The van der Waals surface area contributed by atoms with Crippen LogP contribution in [-0.2, 0) is 6.42 Å². The fourth-order valence-corrected chi connectivity index (χ4v) is 1.95. The van der Waals surface area contributed by atoms with Gasteiger partial charge in [-0.1, -0.05) is 30.3 Å². The number of alkyl halides is 2. The van der Waals surface area contributed by atoms with Gasteiger partial charge in [0.15, 0.2) is 0 Å². The summed E-state index contributed by atoms with van der Waals surface area (Å²) < 4.78 is 34.4. The third-order valence-electron chi connectivity index (χ3n) is 2.73. The van der Waals surface area contributed by atoms with Gasteiger partial charge in [0, 0.05) is 6.42 Å². The van der Waals surface area contributed by atoms with Gasteiger partial charge in [0.05, 0.1) is 6.10 Å². The molecule has 0 aliphatic rings. The molecule has 2 aromatic rings. The minimum atomic E-state index is -2.80. The number of hydrogen-bond donors (Lipinski definition) is 0. The first-order valence-electron chi connectivity index (χ1n) is 6.39. The van der Waals surface area contributed by atoms with Crippen LogP contribution in [0, 0.1) is 0 Å². The molecule has 106 valence electrons. The van der Waals surface area contributed by atoms with Crippen LogP contribution in [0.25, 0.3) is 0 Å². The van der Waals surface area contributed by atoms with E-state index < -0.39 is 6.61 Å². The molecule has 20 heavy (non-hydrogen) atoms. The van der Waals surface area contributed by atoms with Crippen LogP contribution in [-0.4, -0.2) is 12.7 Å². The average Bonchev–Trinajstić information content (AvgIpc) is 2.39. The second-order valence-electron chi connectivity index (χ2n) is 4.47. The normalized spacial score (nSPS) is 12.2. The van der Waals surface area contributed by atoms with Crippen LogP contribution >= 0.6 is 0 Å². The molecule has 0 aromatic heterocycles. The highest BCUT2D eigenvalue weighted by atomic mass is 19.3. The molecule has 0 amide bonds. The first kappa shape index (κ1) is 14.3. The van der Waals surface area contributed by atoms with Crippen molar-refractivity contribution in [3.8, 4) is 11.5 Å². The van der Waals surface area contributed by atoms with Gasteiger partial charge in [0.25, 0.3) is 0 Å². The number of ether oxygens (including phenoxy) is 2. The van der Waals surface area contributed by atoms with Crippen LogP contribution in [0.15, 0.2) is 54.6 Å². The number of rotatable bonds is 6. The Hall–Kier alpha value is -2.10. The van der Waals surface area contributed by atoms with Crippen molar-refractivity contribution in [3.05, 3.63) is 60.2 Å². The Morgan fingerprint density at radius 3 is 2.30 bits per heavy atom. The first-order valence-corrected chi connectivity index (χ1v) is 6.39. The summed E-state index contributed by atoms with van der Waals surface area (Å²) in [7, 11) is 0. The van der Waals surface area contributed by atoms with Gasteiger partial charge >= 0.3 is 6.61 Å². The zero-order valence-corrected chi connectivity index (χ0v) is 11.1. The predicted molar refractivity (Wildman–Crippen MR) is 73.3 cm³/mol. The lowest BCUT2D eigenvalue weighted by atomic mass is 10.1. The number of halogens is 2. The van der Waals surface area contributed by atoms with E-state index in [0.717, 1.165) is 11.3 Å². The second-order valence-corrected chi connectivity index (χ2v) is 4.47. The van der Waals surface area contributed by atoms with Crippen molar-refractivity contribution in [1.82, 2.24) is 0 Å². The molecule has 4 heteroatoms. The van der Waals surface area contributed by atoms with Crippen molar-refractivity contribution in [2.24, 2.45) is 0 Å². The molecule has 0 N–H and O–H groups in total. The second kappa shape index (κ2) is 6.89. The Balaban J connectivity index is 1.95. The van der Waals surface area contributed by atoms with Gasteiger partial charge in [-0.2, -0.15) is 8.78 Å². The number of para-hydroxylation sites is 1. The van der Waals surface area contributed by atoms with Crippen LogP contribution in [0.2, 0.25) is 0 Å². The summed E-state index contributed by atoms with van der Waals surface area (Å²) in [6.07, 6.45) is 0.564. The van der Waals surface area contributed by atoms with Crippen molar-refractivity contribution in [2.75, 3.05) is 0 Å². The van der Waals surface area contributed by atoms with E-state index in [4.69, 9.17) is 4.74 Å². The molecular formula is C16H16F2O2. The molecular weight excluding hydrogens is 262 g/mol. The van der Waals surface area contributed by atoms with E-state index in [1.807, 2.05) is 43.3 Å². The summed E-state index contributed by atoms with van der Waals surface area (Å²) >= 11 is 0. The maximum absolute atomic E-state index is 12.2. The lowest BCUT2D eigenvalue weighted by Crippen LogP contribution is -2.15. The average molecular weight is 278 g/mol. The van der Waals surface area contributed by atoms with E-state index in [0.29, 0.717) is 6.42 Å². The van der Waals surface area contributed by atoms with Crippen molar-refractivity contribution in [3.63, 3.8) is 0 Å². The molecule has 2 nitrogen and oxygen atoms in total. The Labute approximate surface area is 117 Å². The topological polar surface area (TPSA) is 18.5 Å². The first-order chi connectivity index (χ1) is 9.63. The van der Waals surface area contributed by atoms with Crippen molar-refractivity contribution >= 4 is 0 Å². The molecule has 0 heterocycles. The van der Waals surface area contributed by atoms with Crippen LogP contribution in [0.3, 0.4) is 0 Å². The third-order valence-corrected chi connectivity index (χ3v) is 2.73. The van der Waals surface area contributed by atoms with E-state index in [2.05, 4.69) is 4.74 Å². The summed E-state index contributed by atoms with van der Waals surface area (Å²) in [4.78, 5) is 0. The molecule has 0 saturated carbocycles. The van der Waals surface area contributed by atoms with E-state index in [9.17, 15) is 8.78 Å². The molecule has 0 aliphatic heterocycles. The van der Waals surface area contributed by atoms with Gasteiger partial charge < -0.3 is 9.47 Å². The van der Waals surface area contributed by atoms with Crippen LogP contribution in [0.1, 0.15) is 12.5 Å². The molecule has 0 saturated heterocycles. The Bertz CT molecular complexity index is 529. The van der Waals surface area contributed by atoms with Crippen LogP contribution < -0.4 is 9.47 Å². The van der Waals surface area contributed by atoms with Crippen LogP contribution in [0.4, 0.5) is 8.78 Å². The summed E-state index contributed by atoms with van der Waals surface area (Å²) in [5.41, 5.74) is 0.895. The lowest BCUT2D eigenvalue weighted by molar-refractivity contribution is -0.0498. The molecule has 0 fully saturated rings. The van der Waals surface area contributed by atoms with Crippen molar-refractivity contribution < 1.29 is 18.3 Å². The Morgan fingerprint density at radius 1 is 0.900 bits per heavy atom. The molecule has 0 aliphatic carbocycles. The summed E-state index contributed by atoms with van der Waals surface area (Å²) in [6, 6.07) is 16.2. The molecule has 2 rings (SSSR count). The summed E-state index contributed by atoms with van der Waals surface area (Å²) in [6.45, 7) is -0.864. The standard InChI is InChI=1S/C16H16F2O2/c1-12(19-14-7-3-2-4-8-14)10-13-6-5-9-15(11-13)20-16(17)18/h2-9,11-12,16H,10H2,1H3. The fraction of sp³-hybridized carbons (Fsp3) is 0.250. The van der Waals surface area contributed by atoms with E-state index in [1.165, 1.54) is 6.07 Å². The largest absolute Gasteiger partial charge is 0.490 e. The quantitative estimate of drug-likeness (QED) is 0.784. The molecule has 0 spiro atoms. The minimum absolute atomic E-state index is 0.0563. The van der Waals surface area contributed by atoms with Crippen LogP contribution in [0.5, 0.6) is 11.5 Å². The maximum atomic E-state index is 12.2. The molecule has 0 bridgehead atoms.